The van der Waals surface area contributed by atoms with E-state index < -0.39 is 0 Å². The van der Waals surface area contributed by atoms with Crippen molar-refractivity contribution >= 4 is 34.2 Å². The molecular formula is C9H10INO2. The fraction of sp³-hybridized carbons (Fsp3) is 0.222. The average Bonchev–Trinajstić information content (AvgIpc) is 2.04. The van der Waals surface area contributed by atoms with E-state index >= 15 is 0 Å². The van der Waals surface area contributed by atoms with Crippen molar-refractivity contribution in [1.29, 1.82) is 0 Å². The summed E-state index contributed by atoms with van der Waals surface area (Å²) in [5.74, 6) is 0.236. The van der Waals surface area contributed by atoms with Gasteiger partial charge in [0, 0.05) is 11.8 Å². The highest BCUT2D eigenvalue weighted by Crippen LogP contribution is 2.16. The predicted octanol–water partition coefficient (Wildman–Crippen LogP) is 2.00. The number of anilines is 1. The summed E-state index contributed by atoms with van der Waals surface area (Å²) in [4.78, 5) is 11.2. The van der Waals surface area contributed by atoms with E-state index in [-0.39, 0.29) is 9.89 Å². The van der Waals surface area contributed by atoms with Gasteiger partial charge < -0.3 is 10.5 Å². The molecule has 1 aromatic carbocycles. The number of carbonyl (C=O) groups is 1. The molecule has 1 atom stereocenters. The van der Waals surface area contributed by atoms with Gasteiger partial charge in [-0.05, 0) is 19.1 Å². The third-order valence-electron chi connectivity index (χ3n) is 1.40. The standard InChI is InChI=1S/C9H10INO2/c1-6(10)9(12)13-8-4-2-3-7(11)5-8/h2-6H,11H2,1H3. The molecule has 3 nitrogen and oxygen atoms in total. The van der Waals surface area contributed by atoms with Crippen molar-refractivity contribution < 1.29 is 9.53 Å². The second-order valence-electron chi connectivity index (χ2n) is 2.61. The van der Waals surface area contributed by atoms with E-state index in [1.165, 1.54) is 0 Å². The third-order valence-corrected chi connectivity index (χ3v) is 1.91. The maximum atomic E-state index is 11.2. The Kier molecular flexibility index (Phi) is 3.53. The van der Waals surface area contributed by atoms with Gasteiger partial charge in [-0.15, -0.1) is 0 Å². The minimum atomic E-state index is -0.258. The van der Waals surface area contributed by atoms with Crippen molar-refractivity contribution in [3.63, 3.8) is 0 Å². The number of benzene rings is 1. The summed E-state index contributed by atoms with van der Waals surface area (Å²) in [6, 6.07) is 6.81. The van der Waals surface area contributed by atoms with Crippen molar-refractivity contribution in [2.45, 2.75) is 10.8 Å². The predicted molar refractivity (Wildman–Crippen MR) is 60.0 cm³/mol. The maximum absolute atomic E-state index is 11.2. The van der Waals surface area contributed by atoms with E-state index in [9.17, 15) is 4.79 Å². The van der Waals surface area contributed by atoms with E-state index in [4.69, 9.17) is 10.5 Å². The molecule has 1 rings (SSSR count). The molecule has 13 heavy (non-hydrogen) atoms. The summed E-state index contributed by atoms with van der Waals surface area (Å²) >= 11 is 2.00. The van der Waals surface area contributed by atoms with E-state index in [1.54, 1.807) is 31.2 Å². The minimum absolute atomic E-state index is 0.154. The number of hydrogen-bond acceptors (Lipinski definition) is 3. The Labute approximate surface area is 90.4 Å². The summed E-state index contributed by atoms with van der Waals surface area (Å²) < 4.78 is 4.88. The second kappa shape index (κ2) is 4.45. The molecule has 0 aliphatic rings. The number of hydrogen-bond donors (Lipinski definition) is 1. The smallest absolute Gasteiger partial charge is 0.323 e. The first kappa shape index (κ1) is 10.3. The summed E-state index contributed by atoms with van der Waals surface area (Å²) in [7, 11) is 0. The van der Waals surface area contributed by atoms with Crippen LogP contribution in [-0.2, 0) is 4.79 Å². The molecule has 4 heteroatoms. The average molecular weight is 291 g/mol. The lowest BCUT2D eigenvalue weighted by molar-refractivity contribution is -0.133. The molecule has 0 heterocycles. The van der Waals surface area contributed by atoms with Gasteiger partial charge in [0.25, 0.3) is 0 Å². The lowest BCUT2D eigenvalue weighted by atomic mass is 10.3. The summed E-state index contributed by atoms with van der Waals surface area (Å²) in [5, 5.41) is 0. The highest BCUT2D eigenvalue weighted by molar-refractivity contribution is 14.1. The molecule has 0 radical (unpaired) electrons. The van der Waals surface area contributed by atoms with Crippen LogP contribution in [0.4, 0.5) is 5.69 Å². The Hall–Kier alpha value is -0.780. The Bertz CT molecular complexity index is 312. The Morgan fingerprint density at radius 2 is 2.31 bits per heavy atom. The zero-order valence-electron chi connectivity index (χ0n) is 7.16. The molecule has 0 bridgehead atoms. The van der Waals surface area contributed by atoms with Gasteiger partial charge in [-0.3, -0.25) is 4.79 Å². The normalized spacial score (nSPS) is 12.2. The highest BCUT2D eigenvalue weighted by atomic mass is 127. The number of ether oxygens (including phenoxy) is 1. The molecule has 0 saturated carbocycles. The molecule has 2 N–H and O–H groups in total. The van der Waals surface area contributed by atoms with Gasteiger partial charge in [-0.2, -0.15) is 0 Å². The number of carbonyl (C=O) groups excluding carboxylic acids is 1. The molecule has 0 aliphatic heterocycles. The van der Waals surface area contributed by atoms with Crippen LogP contribution in [0.3, 0.4) is 0 Å². The zero-order valence-corrected chi connectivity index (χ0v) is 9.32. The van der Waals surface area contributed by atoms with Gasteiger partial charge in [0.2, 0.25) is 0 Å². The first-order valence-corrected chi connectivity index (χ1v) is 5.05. The molecule has 0 saturated heterocycles. The van der Waals surface area contributed by atoms with Gasteiger partial charge in [-0.25, -0.2) is 0 Å². The lowest BCUT2D eigenvalue weighted by Gasteiger charge is -2.05. The molecule has 0 aromatic heterocycles. The lowest BCUT2D eigenvalue weighted by Crippen LogP contribution is -2.16. The molecule has 70 valence electrons. The Balaban J connectivity index is 2.69. The first-order valence-electron chi connectivity index (χ1n) is 3.81. The fourth-order valence-corrected chi connectivity index (χ4v) is 0.903. The molecule has 0 fully saturated rings. The molecule has 0 aliphatic carbocycles. The SMILES string of the molecule is CC(I)C(=O)Oc1cccc(N)c1. The Morgan fingerprint density at radius 1 is 1.62 bits per heavy atom. The van der Waals surface area contributed by atoms with Crippen LogP contribution in [0, 0.1) is 0 Å². The quantitative estimate of drug-likeness (QED) is 0.298. The number of rotatable bonds is 2. The first-order chi connectivity index (χ1) is 6.09. The van der Waals surface area contributed by atoms with Crippen LogP contribution >= 0.6 is 22.6 Å². The van der Waals surface area contributed by atoms with Crippen molar-refractivity contribution in [3.05, 3.63) is 24.3 Å². The van der Waals surface area contributed by atoms with Gasteiger partial charge in [-0.1, -0.05) is 28.7 Å². The summed E-state index contributed by atoms with van der Waals surface area (Å²) in [6.07, 6.45) is 0. The van der Waals surface area contributed by atoms with Gasteiger partial charge in [0.05, 0.1) is 0 Å². The molecule has 1 unspecified atom stereocenters. The van der Waals surface area contributed by atoms with Crippen molar-refractivity contribution in [2.24, 2.45) is 0 Å². The molecule has 0 amide bonds. The van der Waals surface area contributed by atoms with Crippen LogP contribution in [0.1, 0.15) is 6.92 Å². The van der Waals surface area contributed by atoms with Crippen molar-refractivity contribution in [2.75, 3.05) is 5.73 Å². The van der Waals surface area contributed by atoms with E-state index in [2.05, 4.69) is 0 Å². The molecule has 0 spiro atoms. The molecule has 1 aromatic rings. The van der Waals surface area contributed by atoms with Crippen LogP contribution in [0.5, 0.6) is 5.75 Å². The van der Waals surface area contributed by atoms with Gasteiger partial charge in [0.15, 0.2) is 0 Å². The number of nitrogen functional groups attached to an aromatic ring is 1. The topological polar surface area (TPSA) is 52.3 Å². The van der Waals surface area contributed by atoms with Crippen LogP contribution in [0.25, 0.3) is 0 Å². The number of alkyl halides is 1. The van der Waals surface area contributed by atoms with E-state index in [0.29, 0.717) is 11.4 Å². The van der Waals surface area contributed by atoms with Crippen LogP contribution in [-0.4, -0.2) is 9.89 Å². The summed E-state index contributed by atoms with van der Waals surface area (Å²) in [6.45, 7) is 1.77. The van der Waals surface area contributed by atoms with Crippen molar-refractivity contribution in [3.8, 4) is 5.75 Å². The number of halogens is 1. The Morgan fingerprint density at radius 3 is 2.85 bits per heavy atom. The maximum Gasteiger partial charge on any atom is 0.323 e. The van der Waals surface area contributed by atoms with Gasteiger partial charge in [0.1, 0.15) is 9.67 Å². The largest absolute Gasteiger partial charge is 0.426 e. The monoisotopic (exact) mass is 291 g/mol. The second-order valence-corrected chi connectivity index (χ2v) is 4.48. The van der Waals surface area contributed by atoms with Crippen LogP contribution in [0.15, 0.2) is 24.3 Å². The summed E-state index contributed by atoms with van der Waals surface area (Å²) in [5.41, 5.74) is 6.11. The van der Waals surface area contributed by atoms with Gasteiger partial charge >= 0.3 is 5.97 Å². The highest BCUT2D eigenvalue weighted by Gasteiger charge is 2.10. The fourth-order valence-electron chi connectivity index (χ4n) is 0.775. The molecular weight excluding hydrogens is 281 g/mol. The van der Waals surface area contributed by atoms with E-state index in [1.807, 2.05) is 22.6 Å². The van der Waals surface area contributed by atoms with Crippen LogP contribution < -0.4 is 10.5 Å². The number of nitrogens with two attached hydrogens (primary N) is 1. The van der Waals surface area contributed by atoms with E-state index in [0.717, 1.165) is 0 Å². The number of esters is 1. The van der Waals surface area contributed by atoms with Crippen LogP contribution in [0.2, 0.25) is 0 Å². The zero-order chi connectivity index (χ0) is 9.84. The van der Waals surface area contributed by atoms with Crippen molar-refractivity contribution in [1.82, 2.24) is 0 Å². The third kappa shape index (κ3) is 3.22. The minimum Gasteiger partial charge on any atom is -0.426 e.